The van der Waals surface area contributed by atoms with Gasteiger partial charge >= 0.3 is 0 Å². The van der Waals surface area contributed by atoms with Gasteiger partial charge in [0.15, 0.2) is 0 Å². The molecule has 0 saturated carbocycles. The smallest absolute Gasteiger partial charge is 0.242 e. The maximum atomic E-state index is 12.1. The summed E-state index contributed by atoms with van der Waals surface area (Å²) in [6.45, 7) is 7.72. The molecule has 1 saturated heterocycles. The molecule has 1 heterocycles. The first-order valence-electron chi connectivity index (χ1n) is 7.88. The molecule has 2 amide bonds. The Labute approximate surface area is 132 Å². The Morgan fingerprint density at radius 1 is 1.09 bits per heavy atom. The summed E-state index contributed by atoms with van der Waals surface area (Å²) in [5, 5.41) is 2.72. The van der Waals surface area contributed by atoms with Gasteiger partial charge in [-0.05, 0) is 19.4 Å². The van der Waals surface area contributed by atoms with Crippen molar-refractivity contribution in [1.29, 1.82) is 0 Å². The van der Waals surface area contributed by atoms with E-state index in [1.165, 1.54) is 0 Å². The number of hydrogen-bond donors (Lipinski definition) is 1. The van der Waals surface area contributed by atoms with Crippen molar-refractivity contribution in [2.24, 2.45) is 0 Å². The van der Waals surface area contributed by atoms with Crippen molar-refractivity contribution in [2.75, 3.05) is 32.7 Å². The molecule has 1 N–H and O–H groups in total. The fourth-order valence-corrected chi connectivity index (χ4v) is 2.62. The van der Waals surface area contributed by atoms with Gasteiger partial charge in [0.2, 0.25) is 11.8 Å². The van der Waals surface area contributed by atoms with E-state index >= 15 is 0 Å². The minimum atomic E-state index is -0.111. The van der Waals surface area contributed by atoms with Crippen LogP contribution in [0.3, 0.4) is 0 Å². The standard InChI is InChI=1S/C17H25N3O2/c1-14(2)19-8-10-20(11-9-19)17(22)13-18-16(21)12-15-6-4-3-5-7-15/h3-7,14H,8-13H2,1-2H3,(H,18,21). The summed E-state index contributed by atoms with van der Waals surface area (Å²) < 4.78 is 0. The third-order valence-electron chi connectivity index (χ3n) is 4.04. The Morgan fingerprint density at radius 2 is 1.73 bits per heavy atom. The van der Waals surface area contributed by atoms with Crippen LogP contribution in [0, 0.1) is 0 Å². The summed E-state index contributed by atoms with van der Waals surface area (Å²) in [6, 6.07) is 10.1. The van der Waals surface area contributed by atoms with Gasteiger partial charge in [0.05, 0.1) is 13.0 Å². The van der Waals surface area contributed by atoms with E-state index in [0.717, 1.165) is 31.7 Å². The molecule has 0 atom stereocenters. The molecule has 5 nitrogen and oxygen atoms in total. The largest absolute Gasteiger partial charge is 0.347 e. The Bertz CT molecular complexity index is 494. The van der Waals surface area contributed by atoms with Crippen LogP contribution in [0.15, 0.2) is 30.3 Å². The molecule has 1 aliphatic heterocycles. The van der Waals surface area contributed by atoms with Gasteiger partial charge in [-0.3, -0.25) is 14.5 Å². The van der Waals surface area contributed by atoms with Crippen LogP contribution in [0.2, 0.25) is 0 Å². The van der Waals surface area contributed by atoms with Gasteiger partial charge < -0.3 is 10.2 Å². The number of piperazine rings is 1. The number of amides is 2. The van der Waals surface area contributed by atoms with Gasteiger partial charge in [0, 0.05) is 32.2 Å². The first kappa shape index (κ1) is 16.5. The van der Waals surface area contributed by atoms with E-state index in [4.69, 9.17) is 0 Å². The van der Waals surface area contributed by atoms with Crippen molar-refractivity contribution in [1.82, 2.24) is 15.1 Å². The molecule has 1 aromatic rings. The second kappa shape index (κ2) is 7.94. The monoisotopic (exact) mass is 303 g/mol. The van der Waals surface area contributed by atoms with E-state index < -0.39 is 0 Å². The number of hydrogen-bond acceptors (Lipinski definition) is 3. The zero-order chi connectivity index (χ0) is 15.9. The topological polar surface area (TPSA) is 52.6 Å². The van der Waals surface area contributed by atoms with E-state index in [1.807, 2.05) is 35.2 Å². The lowest BCUT2D eigenvalue weighted by atomic mass is 10.1. The van der Waals surface area contributed by atoms with Crippen LogP contribution in [0.1, 0.15) is 19.4 Å². The lowest BCUT2D eigenvalue weighted by Crippen LogP contribution is -2.52. The molecule has 0 aliphatic carbocycles. The SMILES string of the molecule is CC(C)N1CCN(C(=O)CNC(=O)Cc2ccccc2)CC1. The van der Waals surface area contributed by atoms with Crippen molar-refractivity contribution in [2.45, 2.75) is 26.3 Å². The van der Waals surface area contributed by atoms with Crippen LogP contribution < -0.4 is 5.32 Å². The number of nitrogens with one attached hydrogen (secondary N) is 1. The van der Waals surface area contributed by atoms with Gasteiger partial charge in [-0.25, -0.2) is 0 Å². The zero-order valence-electron chi connectivity index (χ0n) is 13.4. The fraction of sp³-hybridized carbons (Fsp3) is 0.529. The van der Waals surface area contributed by atoms with Crippen LogP contribution in [-0.4, -0.2) is 60.4 Å². The maximum absolute atomic E-state index is 12.1. The van der Waals surface area contributed by atoms with Crippen molar-refractivity contribution in [3.05, 3.63) is 35.9 Å². The number of nitrogens with zero attached hydrogens (tertiary/aromatic N) is 2. The first-order valence-corrected chi connectivity index (χ1v) is 7.88. The second-order valence-corrected chi connectivity index (χ2v) is 5.95. The summed E-state index contributed by atoms with van der Waals surface area (Å²) >= 11 is 0. The number of benzene rings is 1. The molecule has 2 rings (SSSR count). The Kier molecular flexibility index (Phi) is 5.95. The van der Waals surface area contributed by atoms with Crippen molar-refractivity contribution >= 4 is 11.8 Å². The summed E-state index contributed by atoms with van der Waals surface area (Å²) in [7, 11) is 0. The average molecular weight is 303 g/mol. The molecule has 1 fully saturated rings. The third kappa shape index (κ3) is 4.84. The number of carbonyl (C=O) groups excluding carboxylic acids is 2. The Morgan fingerprint density at radius 3 is 2.32 bits per heavy atom. The quantitative estimate of drug-likeness (QED) is 0.879. The average Bonchev–Trinajstić information content (AvgIpc) is 2.53. The lowest BCUT2D eigenvalue weighted by molar-refractivity contribution is -0.134. The summed E-state index contributed by atoms with van der Waals surface area (Å²) in [5.41, 5.74) is 0.956. The van der Waals surface area contributed by atoms with E-state index in [0.29, 0.717) is 12.5 Å². The lowest BCUT2D eigenvalue weighted by Gasteiger charge is -2.36. The molecule has 120 valence electrons. The van der Waals surface area contributed by atoms with Gasteiger partial charge in [-0.15, -0.1) is 0 Å². The highest BCUT2D eigenvalue weighted by atomic mass is 16.2. The summed E-state index contributed by atoms with van der Waals surface area (Å²) in [6.07, 6.45) is 0.315. The molecule has 0 radical (unpaired) electrons. The van der Waals surface area contributed by atoms with Gasteiger partial charge in [0.1, 0.15) is 0 Å². The predicted molar refractivity (Wildman–Crippen MR) is 86.4 cm³/mol. The van der Waals surface area contributed by atoms with Crippen LogP contribution in [0.4, 0.5) is 0 Å². The Balaban J connectivity index is 1.71. The highest BCUT2D eigenvalue weighted by Crippen LogP contribution is 2.05. The first-order chi connectivity index (χ1) is 10.6. The molecule has 0 bridgehead atoms. The molecule has 0 aromatic heterocycles. The summed E-state index contributed by atoms with van der Waals surface area (Å²) in [5.74, 6) is -0.106. The highest BCUT2D eigenvalue weighted by Gasteiger charge is 2.22. The highest BCUT2D eigenvalue weighted by molar-refractivity contribution is 5.85. The van der Waals surface area contributed by atoms with Gasteiger partial charge in [0.25, 0.3) is 0 Å². The zero-order valence-corrected chi connectivity index (χ0v) is 13.4. The van der Waals surface area contributed by atoms with Gasteiger partial charge in [-0.1, -0.05) is 30.3 Å². The number of carbonyl (C=O) groups is 2. The minimum absolute atomic E-state index is 0.00446. The molecule has 0 spiro atoms. The number of rotatable bonds is 5. The molecule has 22 heavy (non-hydrogen) atoms. The second-order valence-electron chi connectivity index (χ2n) is 5.95. The Hall–Kier alpha value is -1.88. The van der Waals surface area contributed by atoms with Crippen LogP contribution >= 0.6 is 0 Å². The molecular weight excluding hydrogens is 278 g/mol. The third-order valence-corrected chi connectivity index (χ3v) is 4.04. The molecule has 0 unspecified atom stereocenters. The van der Waals surface area contributed by atoms with Crippen molar-refractivity contribution in [3.8, 4) is 0 Å². The normalized spacial score (nSPS) is 15.9. The van der Waals surface area contributed by atoms with Crippen molar-refractivity contribution in [3.63, 3.8) is 0 Å². The fourth-order valence-electron chi connectivity index (χ4n) is 2.62. The van der Waals surface area contributed by atoms with Gasteiger partial charge in [-0.2, -0.15) is 0 Å². The molecular formula is C17H25N3O2. The molecule has 1 aromatic carbocycles. The molecule has 1 aliphatic rings. The van der Waals surface area contributed by atoms with E-state index in [2.05, 4.69) is 24.1 Å². The molecule has 5 heteroatoms. The maximum Gasteiger partial charge on any atom is 0.242 e. The van der Waals surface area contributed by atoms with Crippen LogP contribution in [0.25, 0.3) is 0 Å². The van der Waals surface area contributed by atoms with E-state index in [-0.39, 0.29) is 18.4 Å². The van der Waals surface area contributed by atoms with E-state index in [9.17, 15) is 9.59 Å². The minimum Gasteiger partial charge on any atom is -0.347 e. The van der Waals surface area contributed by atoms with Crippen LogP contribution in [0.5, 0.6) is 0 Å². The van der Waals surface area contributed by atoms with Crippen LogP contribution in [-0.2, 0) is 16.0 Å². The predicted octanol–water partition coefficient (Wildman–Crippen LogP) is 0.898. The summed E-state index contributed by atoms with van der Waals surface area (Å²) in [4.78, 5) is 28.2. The van der Waals surface area contributed by atoms with Crippen molar-refractivity contribution < 1.29 is 9.59 Å². The van der Waals surface area contributed by atoms with E-state index in [1.54, 1.807) is 0 Å².